The first kappa shape index (κ1) is 17.6. The Morgan fingerprint density at radius 1 is 1.08 bits per heavy atom. The number of primary amides is 1. The quantitative estimate of drug-likeness (QED) is 0.759. The molecule has 0 bridgehead atoms. The number of nitrogens with two attached hydrogens (primary N) is 1. The summed E-state index contributed by atoms with van der Waals surface area (Å²) in [7, 11) is 0. The SMILES string of the molecule is N#Cc1ccc(Cl)cc1NC(=O)CNc1cc(Cl)ccc1C(N)=O. The van der Waals surface area contributed by atoms with Crippen LogP contribution in [0, 0.1) is 11.3 Å². The van der Waals surface area contributed by atoms with Crippen LogP contribution in [0.3, 0.4) is 0 Å². The van der Waals surface area contributed by atoms with Gasteiger partial charge in [-0.1, -0.05) is 23.2 Å². The second-order valence-corrected chi connectivity index (χ2v) is 5.63. The van der Waals surface area contributed by atoms with Crippen LogP contribution in [-0.4, -0.2) is 18.4 Å². The van der Waals surface area contributed by atoms with Crippen LogP contribution in [0.1, 0.15) is 15.9 Å². The Kier molecular flexibility index (Phi) is 5.64. The summed E-state index contributed by atoms with van der Waals surface area (Å²) in [6.45, 7) is -0.155. The number of nitrogens with one attached hydrogen (secondary N) is 2. The van der Waals surface area contributed by atoms with Gasteiger partial charge in [-0.2, -0.15) is 5.26 Å². The number of hydrogen-bond acceptors (Lipinski definition) is 4. The molecule has 2 aromatic carbocycles. The largest absolute Gasteiger partial charge is 0.375 e. The van der Waals surface area contributed by atoms with Gasteiger partial charge in [0.2, 0.25) is 5.91 Å². The summed E-state index contributed by atoms with van der Waals surface area (Å²) < 4.78 is 0. The maximum atomic E-state index is 12.1. The number of carbonyl (C=O) groups excluding carboxylic acids is 2. The minimum absolute atomic E-state index is 0.155. The van der Waals surface area contributed by atoms with E-state index in [1.54, 1.807) is 6.07 Å². The van der Waals surface area contributed by atoms with Crippen molar-refractivity contribution < 1.29 is 9.59 Å². The van der Waals surface area contributed by atoms with Crippen molar-refractivity contribution in [3.05, 3.63) is 57.6 Å². The summed E-state index contributed by atoms with van der Waals surface area (Å²) >= 11 is 11.7. The van der Waals surface area contributed by atoms with Crippen LogP contribution in [-0.2, 0) is 4.79 Å². The Labute approximate surface area is 148 Å². The zero-order valence-electron chi connectivity index (χ0n) is 12.3. The summed E-state index contributed by atoms with van der Waals surface area (Å²) in [5.74, 6) is -1.07. The van der Waals surface area contributed by atoms with E-state index in [2.05, 4.69) is 10.6 Å². The molecule has 4 N–H and O–H groups in total. The predicted octanol–water partition coefficient (Wildman–Crippen LogP) is 3.01. The molecule has 0 aromatic heterocycles. The highest BCUT2D eigenvalue weighted by Gasteiger charge is 2.11. The number of hydrogen-bond donors (Lipinski definition) is 3. The molecule has 0 saturated carbocycles. The number of anilines is 2. The van der Waals surface area contributed by atoms with Gasteiger partial charge in [-0.3, -0.25) is 9.59 Å². The van der Waals surface area contributed by atoms with E-state index in [1.165, 1.54) is 30.3 Å². The van der Waals surface area contributed by atoms with Gasteiger partial charge >= 0.3 is 0 Å². The third kappa shape index (κ3) is 4.38. The molecule has 0 aliphatic carbocycles. The molecule has 0 atom stereocenters. The lowest BCUT2D eigenvalue weighted by Gasteiger charge is -2.11. The Hall–Kier alpha value is -2.75. The van der Waals surface area contributed by atoms with E-state index in [4.69, 9.17) is 34.2 Å². The van der Waals surface area contributed by atoms with Gasteiger partial charge in [-0.15, -0.1) is 0 Å². The lowest BCUT2D eigenvalue weighted by Crippen LogP contribution is -2.24. The number of carbonyl (C=O) groups is 2. The number of rotatable bonds is 5. The highest BCUT2D eigenvalue weighted by molar-refractivity contribution is 6.31. The molecule has 2 amide bonds. The highest BCUT2D eigenvalue weighted by Crippen LogP contribution is 2.22. The molecule has 0 aliphatic rings. The van der Waals surface area contributed by atoms with E-state index in [1.807, 2.05) is 6.07 Å². The van der Waals surface area contributed by atoms with E-state index < -0.39 is 11.8 Å². The average molecular weight is 363 g/mol. The number of benzene rings is 2. The molecule has 2 rings (SSSR count). The van der Waals surface area contributed by atoms with E-state index >= 15 is 0 Å². The molecule has 0 aliphatic heterocycles. The molecule has 0 spiro atoms. The molecule has 122 valence electrons. The van der Waals surface area contributed by atoms with Crippen LogP contribution in [0.2, 0.25) is 10.0 Å². The fraction of sp³-hybridized carbons (Fsp3) is 0.0625. The van der Waals surface area contributed by atoms with Crippen molar-refractivity contribution in [2.45, 2.75) is 0 Å². The Morgan fingerprint density at radius 2 is 1.71 bits per heavy atom. The molecule has 8 heteroatoms. The van der Waals surface area contributed by atoms with Crippen LogP contribution in [0.25, 0.3) is 0 Å². The Balaban J connectivity index is 2.10. The van der Waals surface area contributed by atoms with Crippen LogP contribution in [0.5, 0.6) is 0 Å². The molecule has 0 unspecified atom stereocenters. The molecule has 0 saturated heterocycles. The van der Waals surface area contributed by atoms with Crippen LogP contribution < -0.4 is 16.4 Å². The molecule has 0 heterocycles. The number of amides is 2. The van der Waals surface area contributed by atoms with Crippen molar-refractivity contribution in [2.24, 2.45) is 5.73 Å². The van der Waals surface area contributed by atoms with Crippen molar-refractivity contribution in [3.8, 4) is 6.07 Å². The normalized spacial score (nSPS) is 9.88. The smallest absolute Gasteiger partial charge is 0.250 e. The van der Waals surface area contributed by atoms with Gasteiger partial charge in [0.1, 0.15) is 6.07 Å². The molecule has 6 nitrogen and oxygen atoms in total. The Bertz CT molecular complexity index is 846. The molecular weight excluding hydrogens is 351 g/mol. The lowest BCUT2D eigenvalue weighted by atomic mass is 10.1. The number of nitriles is 1. The van der Waals surface area contributed by atoms with E-state index in [0.717, 1.165) is 0 Å². The van der Waals surface area contributed by atoms with E-state index in [0.29, 0.717) is 21.4 Å². The molecule has 0 fully saturated rings. The van der Waals surface area contributed by atoms with Gasteiger partial charge in [-0.25, -0.2) is 0 Å². The van der Waals surface area contributed by atoms with Crippen LogP contribution in [0.15, 0.2) is 36.4 Å². The minimum atomic E-state index is -0.642. The van der Waals surface area contributed by atoms with Crippen LogP contribution >= 0.6 is 23.2 Å². The minimum Gasteiger partial charge on any atom is -0.375 e. The first-order valence-corrected chi connectivity index (χ1v) is 7.49. The standard InChI is InChI=1S/C16H12Cl2N4O2/c17-10-2-1-9(7-19)13(5-10)22-15(23)8-21-14-6-11(18)3-4-12(14)16(20)24/h1-6,21H,8H2,(H2,20,24)(H,22,23). The predicted molar refractivity (Wildman–Crippen MR) is 93.3 cm³/mol. The fourth-order valence-electron chi connectivity index (χ4n) is 1.96. The third-order valence-electron chi connectivity index (χ3n) is 3.06. The van der Waals surface area contributed by atoms with Crippen molar-refractivity contribution >= 4 is 46.4 Å². The first-order valence-electron chi connectivity index (χ1n) is 6.73. The van der Waals surface area contributed by atoms with Gasteiger partial charge in [0.25, 0.3) is 5.91 Å². The van der Waals surface area contributed by atoms with Gasteiger partial charge in [0, 0.05) is 15.7 Å². The number of nitrogens with zero attached hydrogens (tertiary/aromatic N) is 1. The highest BCUT2D eigenvalue weighted by atomic mass is 35.5. The maximum Gasteiger partial charge on any atom is 0.250 e. The topological polar surface area (TPSA) is 108 Å². The number of halogens is 2. The van der Waals surface area contributed by atoms with Gasteiger partial charge < -0.3 is 16.4 Å². The first-order chi connectivity index (χ1) is 11.4. The second kappa shape index (κ2) is 7.68. The summed E-state index contributed by atoms with van der Waals surface area (Å²) in [4.78, 5) is 23.4. The van der Waals surface area contributed by atoms with Gasteiger partial charge in [0.15, 0.2) is 0 Å². The zero-order chi connectivity index (χ0) is 17.7. The van der Waals surface area contributed by atoms with Crippen molar-refractivity contribution in [1.82, 2.24) is 0 Å². The van der Waals surface area contributed by atoms with E-state index in [9.17, 15) is 9.59 Å². The summed E-state index contributed by atoms with van der Waals surface area (Å²) in [6.07, 6.45) is 0. The van der Waals surface area contributed by atoms with Crippen molar-refractivity contribution in [2.75, 3.05) is 17.2 Å². The maximum absolute atomic E-state index is 12.1. The average Bonchev–Trinajstić information content (AvgIpc) is 2.53. The molecule has 24 heavy (non-hydrogen) atoms. The summed E-state index contributed by atoms with van der Waals surface area (Å²) in [6, 6.07) is 11.0. The van der Waals surface area contributed by atoms with Crippen molar-refractivity contribution in [3.63, 3.8) is 0 Å². The van der Waals surface area contributed by atoms with Crippen LogP contribution in [0.4, 0.5) is 11.4 Å². The summed E-state index contributed by atoms with van der Waals surface area (Å²) in [5, 5.41) is 15.2. The zero-order valence-corrected chi connectivity index (χ0v) is 13.8. The summed E-state index contributed by atoms with van der Waals surface area (Å²) in [5.41, 5.74) is 6.42. The van der Waals surface area contributed by atoms with Crippen molar-refractivity contribution in [1.29, 1.82) is 5.26 Å². The molecule has 0 radical (unpaired) electrons. The van der Waals surface area contributed by atoms with Gasteiger partial charge in [-0.05, 0) is 36.4 Å². The molecular formula is C16H12Cl2N4O2. The monoisotopic (exact) mass is 362 g/mol. The Morgan fingerprint density at radius 3 is 2.33 bits per heavy atom. The van der Waals surface area contributed by atoms with E-state index in [-0.39, 0.29) is 17.7 Å². The third-order valence-corrected chi connectivity index (χ3v) is 3.53. The van der Waals surface area contributed by atoms with Gasteiger partial charge in [0.05, 0.1) is 23.4 Å². The molecule has 2 aromatic rings. The lowest BCUT2D eigenvalue weighted by molar-refractivity contribution is -0.114. The second-order valence-electron chi connectivity index (χ2n) is 4.76. The fourth-order valence-corrected chi connectivity index (χ4v) is 2.31.